The molecule has 0 aromatic heterocycles. The second-order valence-corrected chi connectivity index (χ2v) is 10.1. The standard InChI is InChI=1S/C32H24Cl2N4O2/c1-39-23-11-7-9-21(17-23)29-19-35-31(37-29,25-13-3-5-15-27(25)33)32(26-14-4-6-16-28(26)34)36-20-30(38-32)22-10-8-12-24(18-22)40-2/h3-20H,1-2H3. The summed E-state index contributed by atoms with van der Waals surface area (Å²) in [5, 5.41) is 0.976. The van der Waals surface area contributed by atoms with E-state index in [1.165, 1.54) is 0 Å². The molecule has 0 spiro atoms. The van der Waals surface area contributed by atoms with Crippen molar-refractivity contribution in [2.24, 2.45) is 20.0 Å². The van der Waals surface area contributed by atoms with Gasteiger partial charge in [-0.05, 0) is 36.4 Å². The lowest BCUT2D eigenvalue weighted by molar-refractivity contribution is 0.258. The lowest BCUT2D eigenvalue weighted by Crippen LogP contribution is -2.43. The maximum Gasteiger partial charge on any atom is 0.227 e. The first-order chi connectivity index (χ1) is 19.5. The van der Waals surface area contributed by atoms with Crippen LogP contribution in [-0.2, 0) is 11.3 Å². The summed E-state index contributed by atoms with van der Waals surface area (Å²) in [5.74, 6) is 1.42. The van der Waals surface area contributed by atoms with Crippen LogP contribution in [0.15, 0.2) is 117 Å². The smallest absolute Gasteiger partial charge is 0.227 e. The Bertz CT molecular complexity index is 1600. The number of hydrogen-bond acceptors (Lipinski definition) is 6. The molecule has 2 unspecified atom stereocenters. The van der Waals surface area contributed by atoms with E-state index in [0.717, 1.165) is 11.1 Å². The van der Waals surface area contributed by atoms with Gasteiger partial charge in [0.1, 0.15) is 11.5 Å². The molecule has 0 aliphatic carbocycles. The fraction of sp³-hybridized carbons (Fsp3) is 0.125. The number of rotatable bonds is 7. The minimum absolute atomic E-state index is 0.488. The van der Waals surface area contributed by atoms with Gasteiger partial charge >= 0.3 is 0 Å². The van der Waals surface area contributed by atoms with Gasteiger partial charge in [0.15, 0.2) is 0 Å². The summed E-state index contributed by atoms with van der Waals surface area (Å²) in [6.07, 6.45) is 3.48. The van der Waals surface area contributed by atoms with E-state index in [4.69, 9.17) is 52.6 Å². The molecule has 0 radical (unpaired) electrons. The number of hydrogen-bond donors (Lipinski definition) is 0. The first-order valence-electron chi connectivity index (χ1n) is 12.6. The van der Waals surface area contributed by atoms with Crippen molar-refractivity contribution >= 4 is 47.1 Å². The topological polar surface area (TPSA) is 67.9 Å². The summed E-state index contributed by atoms with van der Waals surface area (Å²) in [6.45, 7) is 0. The monoisotopic (exact) mass is 566 g/mol. The average molecular weight is 567 g/mol. The molecular formula is C32H24Cl2N4O2. The first kappa shape index (κ1) is 26.0. The third-order valence-electron chi connectivity index (χ3n) is 7.03. The number of nitrogens with zero attached hydrogens (tertiary/aromatic N) is 4. The van der Waals surface area contributed by atoms with Crippen molar-refractivity contribution in [3.63, 3.8) is 0 Å². The number of halogens is 2. The molecule has 0 saturated heterocycles. The van der Waals surface area contributed by atoms with E-state index in [1.807, 2.05) is 97.1 Å². The largest absolute Gasteiger partial charge is 0.497 e. The molecule has 0 bridgehead atoms. The van der Waals surface area contributed by atoms with E-state index in [0.29, 0.717) is 44.1 Å². The highest BCUT2D eigenvalue weighted by molar-refractivity contribution is 6.41. The lowest BCUT2D eigenvalue weighted by atomic mass is 9.82. The van der Waals surface area contributed by atoms with Gasteiger partial charge in [-0.15, -0.1) is 0 Å². The Morgan fingerprint density at radius 3 is 1.38 bits per heavy atom. The molecule has 4 aromatic rings. The molecule has 2 heterocycles. The number of methoxy groups -OCH3 is 2. The third kappa shape index (κ3) is 4.21. The van der Waals surface area contributed by atoms with Crippen molar-refractivity contribution in [3.8, 4) is 11.5 Å². The maximum absolute atomic E-state index is 6.88. The summed E-state index contributed by atoms with van der Waals surface area (Å²) in [7, 11) is 3.26. The predicted octanol–water partition coefficient (Wildman–Crippen LogP) is 7.16. The fourth-order valence-corrected chi connectivity index (χ4v) is 5.61. The van der Waals surface area contributed by atoms with Crippen LogP contribution in [0.4, 0.5) is 0 Å². The minimum atomic E-state index is -1.40. The van der Waals surface area contributed by atoms with Crippen LogP contribution in [0.5, 0.6) is 11.5 Å². The normalized spacial score (nSPS) is 21.3. The molecule has 2 atom stereocenters. The highest BCUT2D eigenvalue weighted by Gasteiger charge is 2.59. The molecule has 198 valence electrons. The quantitative estimate of drug-likeness (QED) is 0.238. The van der Waals surface area contributed by atoms with Gasteiger partial charge in [-0.1, -0.05) is 83.9 Å². The summed E-state index contributed by atoms with van der Waals surface area (Å²) in [5.41, 5.74) is 1.47. The molecule has 4 aromatic carbocycles. The Hall–Kier alpha value is -4.26. The van der Waals surface area contributed by atoms with Crippen LogP contribution in [0, 0.1) is 0 Å². The molecule has 8 heteroatoms. The lowest BCUT2D eigenvalue weighted by Gasteiger charge is -2.39. The third-order valence-corrected chi connectivity index (χ3v) is 7.69. The van der Waals surface area contributed by atoms with Crippen LogP contribution in [0.2, 0.25) is 10.0 Å². The zero-order chi connectivity index (χ0) is 27.7. The molecule has 2 aliphatic rings. The average Bonchev–Trinajstić information content (AvgIpc) is 3.65. The number of benzene rings is 4. The minimum Gasteiger partial charge on any atom is -0.497 e. The van der Waals surface area contributed by atoms with Gasteiger partial charge in [-0.25, -0.2) is 9.98 Å². The molecule has 40 heavy (non-hydrogen) atoms. The SMILES string of the molecule is COc1cccc(C2=NC(c3ccccc3Cl)(C3(c4ccccc4Cl)N=CC(c4cccc(OC)c4)=N3)N=C2)c1. The molecule has 6 nitrogen and oxygen atoms in total. The molecule has 6 rings (SSSR count). The van der Waals surface area contributed by atoms with Crippen LogP contribution in [-0.4, -0.2) is 38.1 Å². The molecule has 2 aliphatic heterocycles. The van der Waals surface area contributed by atoms with E-state index in [-0.39, 0.29) is 0 Å². The highest BCUT2D eigenvalue weighted by Crippen LogP contribution is 2.55. The summed E-state index contributed by atoms with van der Waals surface area (Å²) < 4.78 is 10.9. The van der Waals surface area contributed by atoms with Gasteiger partial charge in [0, 0.05) is 32.3 Å². The zero-order valence-corrected chi connectivity index (χ0v) is 23.3. The maximum atomic E-state index is 6.88. The van der Waals surface area contributed by atoms with Crippen molar-refractivity contribution in [2.45, 2.75) is 11.3 Å². The Morgan fingerprint density at radius 1 is 0.550 bits per heavy atom. The van der Waals surface area contributed by atoms with Crippen molar-refractivity contribution in [2.75, 3.05) is 14.2 Å². The Balaban J connectivity index is 1.65. The second-order valence-electron chi connectivity index (χ2n) is 9.28. The van der Waals surface area contributed by atoms with E-state index in [2.05, 4.69) is 0 Å². The van der Waals surface area contributed by atoms with Gasteiger partial charge in [0.25, 0.3) is 0 Å². The van der Waals surface area contributed by atoms with Crippen LogP contribution in [0.1, 0.15) is 22.3 Å². The Morgan fingerprint density at radius 2 is 0.975 bits per heavy atom. The summed E-state index contributed by atoms with van der Waals surface area (Å²) in [4.78, 5) is 20.7. The highest BCUT2D eigenvalue weighted by atomic mass is 35.5. The predicted molar refractivity (Wildman–Crippen MR) is 162 cm³/mol. The van der Waals surface area contributed by atoms with Gasteiger partial charge < -0.3 is 9.47 Å². The zero-order valence-electron chi connectivity index (χ0n) is 21.8. The van der Waals surface area contributed by atoms with Gasteiger partial charge in [-0.2, -0.15) is 0 Å². The molecule has 0 saturated carbocycles. The van der Waals surface area contributed by atoms with Crippen molar-refractivity contribution < 1.29 is 9.47 Å². The molecule has 0 amide bonds. The molecule has 0 fully saturated rings. The van der Waals surface area contributed by atoms with E-state index in [1.54, 1.807) is 26.6 Å². The Labute approximate surface area is 242 Å². The first-order valence-corrected chi connectivity index (χ1v) is 13.3. The fourth-order valence-electron chi connectivity index (χ4n) is 5.08. The Kier molecular flexibility index (Phi) is 6.74. The van der Waals surface area contributed by atoms with Crippen LogP contribution in [0.25, 0.3) is 0 Å². The van der Waals surface area contributed by atoms with E-state index >= 15 is 0 Å². The van der Waals surface area contributed by atoms with Crippen molar-refractivity contribution in [1.29, 1.82) is 0 Å². The number of ether oxygens (including phenoxy) is 2. The molecular weight excluding hydrogens is 543 g/mol. The summed E-state index contributed by atoms with van der Waals surface area (Å²) >= 11 is 13.8. The number of aliphatic imine (C=N–C) groups is 4. The van der Waals surface area contributed by atoms with Gasteiger partial charge in [0.2, 0.25) is 11.3 Å². The van der Waals surface area contributed by atoms with E-state index in [9.17, 15) is 0 Å². The van der Waals surface area contributed by atoms with E-state index < -0.39 is 11.3 Å². The van der Waals surface area contributed by atoms with Gasteiger partial charge in [-0.3, -0.25) is 9.98 Å². The van der Waals surface area contributed by atoms with Gasteiger partial charge in [0.05, 0.1) is 38.1 Å². The van der Waals surface area contributed by atoms with Crippen molar-refractivity contribution in [1.82, 2.24) is 0 Å². The van der Waals surface area contributed by atoms with Crippen LogP contribution >= 0.6 is 23.2 Å². The summed E-state index contributed by atoms with van der Waals surface area (Å²) in [6, 6.07) is 30.3. The van der Waals surface area contributed by atoms with Crippen LogP contribution in [0.3, 0.4) is 0 Å². The molecule has 0 N–H and O–H groups in total. The van der Waals surface area contributed by atoms with Crippen molar-refractivity contribution in [3.05, 3.63) is 129 Å². The second kappa shape index (κ2) is 10.4. The van der Waals surface area contributed by atoms with Crippen LogP contribution < -0.4 is 9.47 Å².